The fraction of sp³-hybridized carbons (Fsp3) is 0.500. The number of benzene rings is 1. The Balaban J connectivity index is 1.88. The minimum Gasteiger partial charge on any atom is -0.463 e. The molecule has 3 heteroatoms. The molecule has 0 bridgehead atoms. The third-order valence-electron chi connectivity index (χ3n) is 2.28. The molecule has 0 aliphatic carbocycles. The highest BCUT2D eigenvalue weighted by atomic mass is 32.2. The van der Waals surface area contributed by atoms with Gasteiger partial charge in [-0.15, -0.1) is 11.8 Å². The van der Waals surface area contributed by atoms with E-state index < -0.39 is 0 Å². The Morgan fingerprint density at radius 3 is 3.20 bits per heavy atom. The van der Waals surface area contributed by atoms with Crippen LogP contribution < -0.4 is 4.74 Å². The molecule has 82 valence electrons. The summed E-state index contributed by atoms with van der Waals surface area (Å²) in [7, 11) is 0. The van der Waals surface area contributed by atoms with E-state index >= 15 is 0 Å². The van der Waals surface area contributed by atoms with Crippen molar-refractivity contribution in [1.29, 1.82) is 0 Å². The molecule has 1 unspecified atom stereocenters. The lowest BCUT2D eigenvalue weighted by Crippen LogP contribution is -2.26. The van der Waals surface area contributed by atoms with E-state index in [4.69, 9.17) is 9.47 Å². The number of thioether (sulfide) groups is 1. The summed E-state index contributed by atoms with van der Waals surface area (Å²) in [4.78, 5) is 1.22. The van der Waals surface area contributed by atoms with E-state index in [9.17, 15) is 0 Å². The van der Waals surface area contributed by atoms with Gasteiger partial charge in [-0.05, 0) is 18.6 Å². The van der Waals surface area contributed by atoms with E-state index in [0.29, 0.717) is 0 Å². The van der Waals surface area contributed by atoms with Gasteiger partial charge in [0.1, 0.15) is 5.75 Å². The minimum atomic E-state index is -0.0727. The molecule has 0 amide bonds. The van der Waals surface area contributed by atoms with Crippen molar-refractivity contribution >= 4 is 11.8 Å². The predicted molar refractivity (Wildman–Crippen MR) is 62.4 cm³/mol. The Morgan fingerprint density at radius 1 is 1.47 bits per heavy atom. The summed E-state index contributed by atoms with van der Waals surface area (Å²) < 4.78 is 11.4. The van der Waals surface area contributed by atoms with E-state index in [1.807, 2.05) is 18.2 Å². The van der Waals surface area contributed by atoms with Crippen LogP contribution in [0.5, 0.6) is 5.75 Å². The predicted octanol–water partition coefficient (Wildman–Crippen LogP) is 3.31. The van der Waals surface area contributed by atoms with Crippen LogP contribution in [0.4, 0.5) is 0 Å². The maximum atomic E-state index is 5.74. The molecule has 0 spiro atoms. The number of hydrogen-bond acceptors (Lipinski definition) is 3. The minimum absolute atomic E-state index is 0.0727. The average Bonchev–Trinajstić information content (AvgIpc) is 2.29. The second-order valence-corrected chi connectivity index (χ2v) is 4.59. The van der Waals surface area contributed by atoms with Crippen molar-refractivity contribution in [2.45, 2.75) is 31.0 Å². The summed E-state index contributed by atoms with van der Waals surface area (Å²) in [5, 5.41) is 0. The van der Waals surface area contributed by atoms with Crippen LogP contribution in [0.15, 0.2) is 29.2 Å². The molecule has 1 aliphatic heterocycles. The van der Waals surface area contributed by atoms with Crippen molar-refractivity contribution in [3.8, 4) is 5.75 Å². The largest absolute Gasteiger partial charge is 0.463 e. The summed E-state index contributed by atoms with van der Waals surface area (Å²) in [5.74, 6) is 1.84. The van der Waals surface area contributed by atoms with Gasteiger partial charge in [-0.25, -0.2) is 0 Å². The number of rotatable bonds is 4. The van der Waals surface area contributed by atoms with Gasteiger partial charge in [0, 0.05) is 4.90 Å². The maximum Gasteiger partial charge on any atom is 0.209 e. The molecule has 1 aromatic rings. The highest BCUT2D eigenvalue weighted by Crippen LogP contribution is 2.35. The molecule has 1 heterocycles. The maximum absolute atomic E-state index is 5.74. The average molecular weight is 224 g/mol. The van der Waals surface area contributed by atoms with Gasteiger partial charge >= 0.3 is 0 Å². The molecule has 1 aromatic carbocycles. The Bertz CT molecular complexity index is 314. The van der Waals surface area contributed by atoms with Crippen LogP contribution in [0.3, 0.4) is 0 Å². The summed E-state index contributed by atoms with van der Waals surface area (Å²) in [5.41, 5.74) is 0. The number of unbranched alkanes of at least 4 members (excludes halogenated alkanes) is 1. The Kier molecular flexibility index (Phi) is 3.92. The van der Waals surface area contributed by atoms with Crippen LogP contribution >= 0.6 is 11.8 Å². The molecular weight excluding hydrogens is 208 g/mol. The van der Waals surface area contributed by atoms with Crippen LogP contribution in [0, 0.1) is 0 Å². The molecule has 1 aliphatic rings. The Labute approximate surface area is 95.0 Å². The van der Waals surface area contributed by atoms with E-state index in [0.717, 1.165) is 31.0 Å². The van der Waals surface area contributed by atoms with Crippen molar-refractivity contribution in [3.05, 3.63) is 24.3 Å². The van der Waals surface area contributed by atoms with Gasteiger partial charge in [0.15, 0.2) is 0 Å². The smallest absolute Gasteiger partial charge is 0.209 e. The molecule has 0 radical (unpaired) electrons. The van der Waals surface area contributed by atoms with Crippen LogP contribution in [0.25, 0.3) is 0 Å². The van der Waals surface area contributed by atoms with Gasteiger partial charge in [-0.3, -0.25) is 0 Å². The van der Waals surface area contributed by atoms with Gasteiger partial charge in [0.2, 0.25) is 6.29 Å². The summed E-state index contributed by atoms with van der Waals surface area (Å²) >= 11 is 1.80. The van der Waals surface area contributed by atoms with Gasteiger partial charge in [0.25, 0.3) is 0 Å². The number of hydrogen-bond donors (Lipinski definition) is 0. The normalized spacial score (nSPS) is 19.4. The van der Waals surface area contributed by atoms with E-state index in [-0.39, 0.29) is 6.29 Å². The summed E-state index contributed by atoms with van der Waals surface area (Å²) in [6.07, 6.45) is 2.19. The topological polar surface area (TPSA) is 18.5 Å². The molecule has 2 nitrogen and oxygen atoms in total. The van der Waals surface area contributed by atoms with Crippen molar-refractivity contribution < 1.29 is 9.47 Å². The van der Waals surface area contributed by atoms with Crippen molar-refractivity contribution in [1.82, 2.24) is 0 Å². The first-order valence-corrected chi connectivity index (χ1v) is 6.39. The zero-order valence-corrected chi connectivity index (χ0v) is 9.76. The van der Waals surface area contributed by atoms with Gasteiger partial charge in [0.05, 0.1) is 12.4 Å². The summed E-state index contributed by atoms with van der Waals surface area (Å²) in [6, 6.07) is 8.11. The molecular formula is C12H16O2S. The van der Waals surface area contributed by atoms with E-state index in [1.165, 1.54) is 4.90 Å². The van der Waals surface area contributed by atoms with Gasteiger partial charge < -0.3 is 9.47 Å². The highest BCUT2D eigenvalue weighted by Gasteiger charge is 2.19. The molecule has 0 fully saturated rings. The lowest BCUT2D eigenvalue weighted by Gasteiger charge is -2.25. The van der Waals surface area contributed by atoms with Crippen LogP contribution in [-0.4, -0.2) is 18.6 Å². The van der Waals surface area contributed by atoms with Gasteiger partial charge in [-0.2, -0.15) is 0 Å². The third kappa shape index (κ3) is 2.89. The zero-order chi connectivity index (χ0) is 10.5. The van der Waals surface area contributed by atoms with Crippen LogP contribution in [0.2, 0.25) is 0 Å². The zero-order valence-electron chi connectivity index (χ0n) is 8.94. The van der Waals surface area contributed by atoms with E-state index in [1.54, 1.807) is 11.8 Å². The molecule has 0 saturated heterocycles. The van der Waals surface area contributed by atoms with Crippen LogP contribution in [-0.2, 0) is 4.74 Å². The first-order valence-electron chi connectivity index (χ1n) is 5.40. The molecule has 2 rings (SSSR count). The second kappa shape index (κ2) is 5.42. The molecule has 0 N–H and O–H groups in total. The lowest BCUT2D eigenvalue weighted by molar-refractivity contribution is -0.0674. The van der Waals surface area contributed by atoms with Gasteiger partial charge in [-0.1, -0.05) is 25.5 Å². The standard InChI is InChI=1S/C12H16O2S/c1-2-3-8-13-12-9-15-11-7-5-4-6-10(11)14-12/h4-7,12H,2-3,8-9H2,1H3. The monoisotopic (exact) mass is 224 g/mol. The molecule has 1 atom stereocenters. The number of ether oxygens (including phenoxy) is 2. The summed E-state index contributed by atoms with van der Waals surface area (Å²) in [6.45, 7) is 2.96. The lowest BCUT2D eigenvalue weighted by atomic mass is 10.3. The highest BCUT2D eigenvalue weighted by molar-refractivity contribution is 7.99. The first-order chi connectivity index (χ1) is 7.40. The SMILES string of the molecule is CCCCOC1CSc2ccccc2O1. The molecule has 0 aromatic heterocycles. The third-order valence-corrected chi connectivity index (χ3v) is 3.37. The first kappa shape index (κ1) is 10.8. The molecule has 0 saturated carbocycles. The second-order valence-electron chi connectivity index (χ2n) is 3.53. The Morgan fingerprint density at radius 2 is 2.33 bits per heavy atom. The van der Waals surface area contributed by atoms with E-state index in [2.05, 4.69) is 13.0 Å². The number of para-hydroxylation sites is 1. The Hall–Kier alpha value is -0.670. The molecule has 15 heavy (non-hydrogen) atoms. The number of fused-ring (bicyclic) bond motifs is 1. The van der Waals surface area contributed by atoms with Crippen molar-refractivity contribution in [3.63, 3.8) is 0 Å². The quantitative estimate of drug-likeness (QED) is 0.731. The van der Waals surface area contributed by atoms with Crippen molar-refractivity contribution in [2.75, 3.05) is 12.4 Å². The fourth-order valence-electron chi connectivity index (χ4n) is 1.44. The van der Waals surface area contributed by atoms with Crippen molar-refractivity contribution in [2.24, 2.45) is 0 Å². The van der Waals surface area contributed by atoms with Crippen LogP contribution in [0.1, 0.15) is 19.8 Å². The fourth-order valence-corrected chi connectivity index (χ4v) is 2.35.